The summed E-state index contributed by atoms with van der Waals surface area (Å²) >= 11 is 0. The van der Waals surface area contributed by atoms with Gasteiger partial charge in [0.1, 0.15) is 5.69 Å². The zero-order valence-electron chi connectivity index (χ0n) is 15.9. The fourth-order valence-electron chi connectivity index (χ4n) is 4.78. The van der Waals surface area contributed by atoms with Gasteiger partial charge in [-0.05, 0) is 49.7 Å². The van der Waals surface area contributed by atoms with Crippen molar-refractivity contribution in [2.45, 2.75) is 12.5 Å². The highest BCUT2D eigenvalue weighted by molar-refractivity contribution is 6.43. The van der Waals surface area contributed by atoms with Gasteiger partial charge >= 0.3 is 0 Å². The molecule has 2 fully saturated rings. The number of ketones is 1. The second-order valence-electron chi connectivity index (χ2n) is 7.90. The Bertz CT molecular complexity index is 1060. The van der Waals surface area contributed by atoms with Crippen molar-refractivity contribution in [3.63, 3.8) is 0 Å². The van der Waals surface area contributed by atoms with Gasteiger partial charge in [-0.25, -0.2) is 0 Å². The lowest BCUT2D eigenvalue weighted by Gasteiger charge is -2.20. The number of carbonyl (C=O) groups excluding carboxylic acids is 2. The third kappa shape index (κ3) is 2.66. The van der Waals surface area contributed by atoms with Crippen LogP contribution in [0.3, 0.4) is 0 Å². The molecule has 142 valence electrons. The SMILES string of the molecule is CN1CC[C@@H]2CN(C(=O)C(=O)c3c(-c4ccccc4)cc4ccccn34)C[C@@H]21. The second kappa shape index (κ2) is 6.60. The number of Topliss-reactive ketones (excluding diaryl/α,β-unsaturated/α-hetero) is 1. The third-order valence-corrected chi connectivity index (χ3v) is 6.29. The molecule has 0 bridgehead atoms. The van der Waals surface area contributed by atoms with Crippen LogP contribution in [0.25, 0.3) is 16.6 Å². The van der Waals surface area contributed by atoms with Crippen LogP contribution in [0.15, 0.2) is 60.8 Å². The summed E-state index contributed by atoms with van der Waals surface area (Å²) in [7, 11) is 2.11. The third-order valence-electron chi connectivity index (χ3n) is 6.29. The van der Waals surface area contributed by atoms with Crippen molar-refractivity contribution in [3.05, 3.63) is 66.5 Å². The summed E-state index contributed by atoms with van der Waals surface area (Å²) in [6, 6.07) is 18.0. The molecule has 0 aliphatic carbocycles. The molecule has 1 aromatic carbocycles. The highest BCUT2D eigenvalue weighted by atomic mass is 16.2. The van der Waals surface area contributed by atoms with Crippen molar-refractivity contribution < 1.29 is 9.59 Å². The summed E-state index contributed by atoms with van der Waals surface area (Å²) < 4.78 is 1.84. The number of likely N-dealkylation sites (N-methyl/N-ethyl adjacent to an activating group) is 1. The minimum Gasteiger partial charge on any atom is -0.334 e. The number of aromatic nitrogens is 1. The normalized spacial score (nSPS) is 22.0. The second-order valence-corrected chi connectivity index (χ2v) is 7.90. The Morgan fingerprint density at radius 2 is 1.79 bits per heavy atom. The van der Waals surface area contributed by atoms with Crippen molar-refractivity contribution in [2.75, 3.05) is 26.7 Å². The van der Waals surface area contributed by atoms with E-state index >= 15 is 0 Å². The van der Waals surface area contributed by atoms with E-state index < -0.39 is 5.78 Å². The predicted octanol–water partition coefficient (Wildman–Crippen LogP) is 2.95. The number of fused-ring (bicyclic) bond motifs is 2. The van der Waals surface area contributed by atoms with Gasteiger partial charge in [-0.1, -0.05) is 36.4 Å². The van der Waals surface area contributed by atoms with E-state index in [1.165, 1.54) is 0 Å². The number of likely N-dealkylation sites (tertiary alicyclic amines) is 2. The molecule has 0 spiro atoms. The van der Waals surface area contributed by atoms with Crippen molar-refractivity contribution in [1.29, 1.82) is 0 Å². The first-order valence-electron chi connectivity index (χ1n) is 9.83. The first-order chi connectivity index (χ1) is 13.6. The Kier molecular flexibility index (Phi) is 4.05. The Labute approximate surface area is 164 Å². The Hall–Kier alpha value is -2.92. The maximum Gasteiger partial charge on any atom is 0.296 e. The van der Waals surface area contributed by atoms with Crippen LogP contribution in [-0.4, -0.2) is 58.6 Å². The summed E-state index contributed by atoms with van der Waals surface area (Å²) in [5.41, 5.74) is 3.12. The molecule has 0 saturated carbocycles. The van der Waals surface area contributed by atoms with Crippen LogP contribution in [0.4, 0.5) is 0 Å². The molecule has 28 heavy (non-hydrogen) atoms. The zero-order chi connectivity index (χ0) is 19.3. The van der Waals surface area contributed by atoms with E-state index in [0.29, 0.717) is 30.7 Å². The molecule has 0 N–H and O–H groups in total. The Morgan fingerprint density at radius 1 is 1.00 bits per heavy atom. The molecule has 2 saturated heterocycles. The topological polar surface area (TPSA) is 45.0 Å². The number of nitrogens with zero attached hydrogens (tertiary/aromatic N) is 3. The lowest BCUT2D eigenvalue weighted by Crippen LogP contribution is -2.39. The zero-order valence-corrected chi connectivity index (χ0v) is 15.9. The van der Waals surface area contributed by atoms with Gasteiger partial charge in [0.2, 0.25) is 0 Å². The summed E-state index contributed by atoms with van der Waals surface area (Å²) in [5.74, 6) is -0.323. The van der Waals surface area contributed by atoms with Crippen LogP contribution in [0, 0.1) is 5.92 Å². The number of pyridine rings is 1. The van der Waals surface area contributed by atoms with Gasteiger partial charge in [0.15, 0.2) is 0 Å². The van der Waals surface area contributed by atoms with Gasteiger partial charge in [-0.2, -0.15) is 0 Å². The summed E-state index contributed by atoms with van der Waals surface area (Å²) in [4.78, 5) is 30.6. The van der Waals surface area contributed by atoms with Crippen molar-refractivity contribution in [3.8, 4) is 11.1 Å². The molecule has 5 heteroatoms. The largest absolute Gasteiger partial charge is 0.334 e. The van der Waals surface area contributed by atoms with Crippen molar-refractivity contribution in [1.82, 2.24) is 14.2 Å². The van der Waals surface area contributed by atoms with E-state index in [1.54, 1.807) is 4.90 Å². The molecule has 0 unspecified atom stereocenters. The molecule has 3 aromatic rings. The molecular weight excluding hydrogens is 350 g/mol. The monoisotopic (exact) mass is 373 g/mol. The maximum atomic E-state index is 13.4. The highest BCUT2D eigenvalue weighted by Crippen LogP contribution is 2.32. The number of amides is 1. The minimum absolute atomic E-state index is 0.384. The van der Waals surface area contributed by atoms with E-state index in [1.807, 2.05) is 65.2 Å². The van der Waals surface area contributed by atoms with Crippen molar-refractivity contribution >= 4 is 17.2 Å². The summed E-state index contributed by atoms with van der Waals surface area (Å²) in [6.07, 6.45) is 2.96. The average Bonchev–Trinajstić information content (AvgIpc) is 3.41. The van der Waals surface area contributed by atoms with E-state index in [2.05, 4.69) is 11.9 Å². The lowest BCUT2D eigenvalue weighted by molar-refractivity contribution is -0.125. The molecule has 2 aliphatic rings. The summed E-state index contributed by atoms with van der Waals surface area (Å²) in [6.45, 7) is 2.41. The van der Waals surface area contributed by atoms with Crippen LogP contribution in [0.1, 0.15) is 16.9 Å². The first-order valence-corrected chi connectivity index (χ1v) is 9.83. The van der Waals surface area contributed by atoms with Gasteiger partial charge in [0, 0.05) is 36.4 Å². The number of hydrogen-bond donors (Lipinski definition) is 0. The fraction of sp³-hybridized carbons (Fsp3) is 0.304. The quantitative estimate of drug-likeness (QED) is 0.524. The first kappa shape index (κ1) is 17.2. The molecule has 2 aliphatic heterocycles. The Morgan fingerprint density at radius 3 is 2.57 bits per heavy atom. The molecule has 0 radical (unpaired) electrons. The minimum atomic E-state index is -0.423. The maximum absolute atomic E-state index is 13.4. The number of benzene rings is 1. The summed E-state index contributed by atoms with van der Waals surface area (Å²) in [5, 5.41) is 0. The predicted molar refractivity (Wildman–Crippen MR) is 108 cm³/mol. The molecule has 2 aromatic heterocycles. The molecular formula is C23H23N3O2. The lowest BCUT2D eigenvalue weighted by atomic mass is 10.0. The molecule has 1 amide bonds. The van der Waals surface area contributed by atoms with Gasteiger partial charge in [0.25, 0.3) is 11.7 Å². The van der Waals surface area contributed by atoms with Crippen molar-refractivity contribution in [2.24, 2.45) is 5.92 Å². The van der Waals surface area contributed by atoms with Crippen LogP contribution in [-0.2, 0) is 4.79 Å². The smallest absolute Gasteiger partial charge is 0.296 e. The van der Waals surface area contributed by atoms with Gasteiger partial charge in [-0.15, -0.1) is 0 Å². The number of carbonyl (C=O) groups is 2. The van der Waals surface area contributed by atoms with Crippen LogP contribution in [0.5, 0.6) is 0 Å². The number of rotatable bonds is 3. The van der Waals surface area contributed by atoms with E-state index in [4.69, 9.17) is 0 Å². The van der Waals surface area contributed by atoms with Crippen LogP contribution >= 0.6 is 0 Å². The Balaban J connectivity index is 1.53. The van der Waals surface area contributed by atoms with Crippen LogP contribution in [0.2, 0.25) is 0 Å². The van der Waals surface area contributed by atoms with E-state index in [-0.39, 0.29) is 5.91 Å². The fourth-order valence-corrected chi connectivity index (χ4v) is 4.78. The van der Waals surface area contributed by atoms with Gasteiger partial charge in [0.05, 0.1) is 0 Å². The van der Waals surface area contributed by atoms with Gasteiger partial charge < -0.3 is 14.2 Å². The highest BCUT2D eigenvalue weighted by Gasteiger charge is 2.43. The standard InChI is InChI=1S/C23H23N3O2/c1-24-12-10-17-14-25(15-20(17)24)23(28)22(27)21-19(16-7-3-2-4-8-16)13-18-9-5-6-11-26(18)21/h2-9,11,13,17,20H,10,12,14-15H2,1H3/t17-,20+/m1/s1. The average molecular weight is 373 g/mol. The molecule has 5 rings (SSSR count). The van der Waals surface area contributed by atoms with E-state index in [9.17, 15) is 9.59 Å². The molecule has 5 nitrogen and oxygen atoms in total. The number of hydrogen-bond acceptors (Lipinski definition) is 3. The van der Waals surface area contributed by atoms with Crippen LogP contribution < -0.4 is 0 Å². The van der Waals surface area contributed by atoms with Gasteiger partial charge in [-0.3, -0.25) is 9.59 Å². The molecule has 2 atom stereocenters. The van der Waals surface area contributed by atoms with E-state index in [0.717, 1.165) is 29.6 Å². The molecule has 4 heterocycles.